The number of amides is 1. The van der Waals surface area contributed by atoms with E-state index in [1.807, 2.05) is 0 Å². The SMILES string of the molecule is CCN(CC)S(=O)(=O)c1ccc(Cl)c(C(=O)N(C)Cc2ccc(F)cc2)c1. The zero-order chi connectivity index (χ0) is 20.2. The maximum Gasteiger partial charge on any atom is 0.255 e. The fraction of sp³-hybridized carbons (Fsp3) is 0.316. The Morgan fingerprint density at radius 2 is 1.67 bits per heavy atom. The van der Waals surface area contributed by atoms with Gasteiger partial charge in [0.05, 0.1) is 15.5 Å². The first kappa shape index (κ1) is 21.3. The molecular formula is C19H22ClFN2O3S. The molecular weight excluding hydrogens is 391 g/mol. The van der Waals surface area contributed by atoms with Crippen molar-refractivity contribution in [2.45, 2.75) is 25.3 Å². The van der Waals surface area contributed by atoms with E-state index in [-0.39, 0.29) is 27.8 Å². The zero-order valence-electron chi connectivity index (χ0n) is 15.4. The molecule has 2 rings (SSSR count). The van der Waals surface area contributed by atoms with Crippen LogP contribution in [0.4, 0.5) is 4.39 Å². The number of hydrogen-bond donors (Lipinski definition) is 0. The number of halogens is 2. The summed E-state index contributed by atoms with van der Waals surface area (Å²) in [7, 11) is -2.12. The van der Waals surface area contributed by atoms with Gasteiger partial charge in [-0.2, -0.15) is 4.31 Å². The predicted octanol–water partition coefficient (Wildman–Crippen LogP) is 3.78. The van der Waals surface area contributed by atoms with Crippen LogP contribution >= 0.6 is 11.6 Å². The third kappa shape index (κ3) is 4.86. The van der Waals surface area contributed by atoms with Crippen molar-refractivity contribution < 1.29 is 17.6 Å². The van der Waals surface area contributed by atoms with E-state index in [9.17, 15) is 17.6 Å². The number of carbonyl (C=O) groups excluding carboxylic acids is 1. The Labute approximate surface area is 164 Å². The van der Waals surface area contributed by atoms with Gasteiger partial charge in [0.25, 0.3) is 5.91 Å². The van der Waals surface area contributed by atoms with E-state index in [4.69, 9.17) is 11.6 Å². The molecule has 0 saturated heterocycles. The minimum atomic E-state index is -3.70. The summed E-state index contributed by atoms with van der Waals surface area (Å²) in [6.45, 7) is 4.39. The molecule has 0 aromatic heterocycles. The predicted molar refractivity (Wildman–Crippen MR) is 104 cm³/mol. The topological polar surface area (TPSA) is 57.7 Å². The quantitative estimate of drug-likeness (QED) is 0.695. The lowest BCUT2D eigenvalue weighted by Crippen LogP contribution is -2.31. The lowest BCUT2D eigenvalue weighted by Gasteiger charge is -2.21. The van der Waals surface area contributed by atoms with Gasteiger partial charge in [-0.05, 0) is 35.9 Å². The van der Waals surface area contributed by atoms with E-state index in [2.05, 4.69) is 0 Å². The summed E-state index contributed by atoms with van der Waals surface area (Å²) >= 11 is 6.15. The summed E-state index contributed by atoms with van der Waals surface area (Å²) in [6.07, 6.45) is 0. The molecule has 0 aliphatic carbocycles. The van der Waals surface area contributed by atoms with E-state index in [1.54, 1.807) is 33.0 Å². The van der Waals surface area contributed by atoms with Crippen LogP contribution in [-0.2, 0) is 16.6 Å². The van der Waals surface area contributed by atoms with Gasteiger partial charge in [0.15, 0.2) is 0 Å². The highest BCUT2D eigenvalue weighted by Gasteiger charge is 2.24. The van der Waals surface area contributed by atoms with E-state index in [0.717, 1.165) is 5.56 Å². The maximum atomic E-state index is 13.0. The molecule has 0 atom stereocenters. The van der Waals surface area contributed by atoms with Crippen molar-refractivity contribution in [3.63, 3.8) is 0 Å². The monoisotopic (exact) mass is 412 g/mol. The smallest absolute Gasteiger partial charge is 0.255 e. The molecule has 0 radical (unpaired) electrons. The second-order valence-corrected chi connectivity index (χ2v) is 8.36. The molecule has 0 aliphatic rings. The number of nitrogens with zero attached hydrogens (tertiary/aromatic N) is 2. The molecule has 5 nitrogen and oxygen atoms in total. The van der Waals surface area contributed by atoms with Gasteiger partial charge in [-0.25, -0.2) is 12.8 Å². The summed E-state index contributed by atoms with van der Waals surface area (Å²) in [4.78, 5) is 14.2. The first-order valence-corrected chi connectivity index (χ1v) is 10.3. The number of benzene rings is 2. The van der Waals surface area contributed by atoms with Crippen LogP contribution in [0, 0.1) is 5.82 Å². The molecule has 0 spiro atoms. The zero-order valence-corrected chi connectivity index (χ0v) is 17.0. The molecule has 0 aliphatic heterocycles. The highest BCUT2D eigenvalue weighted by molar-refractivity contribution is 7.89. The molecule has 0 N–H and O–H groups in total. The molecule has 0 fully saturated rings. The average Bonchev–Trinajstić information content (AvgIpc) is 2.64. The summed E-state index contributed by atoms with van der Waals surface area (Å²) < 4.78 is 39.7. The number of carbonyl (C=O) groups is 1. The van der Waals surface area contributed by atoms with E-state index >= 15 is 0 Å². The Hall–Kier alpha value is -1.96. The van der Waals surface area contributed by atoms with E-state index < -0.39 is 15.9 Å². The maximum absolute atomic E-state index is 13.0. The van der Waals surface area contributed by atoms with Crippen LogP contribution in [0.15, 0.2) is 47.4 Å². The number of hydrogen-bond acceptors (Lipinski definition) is 3. The van der Waals surface area contributed by atoms with Gasteiger partial charge in [-0.3, -0.25) is 4.79 Å². The van der Waals surface area contributed by atoms with Crippen molar-refractivity contribution in [3.05, 3.63) is 64.4 Å². The van der Waals surface area contributed by atoms with Crippen LogP contribution in [0.2, 0.25) is 5.02 Å². The van der Waals surface area contributed by atoms with Gasteiger partial charge < -0.3 is 4.90 Å². The Bertz CT molecular complexity index is 913. The molecule has 2 aromatic rings. The third-order valence-corrected chi connectivity index (χ3v) is 6.57. The van der Waals surface area contributed by atoms with Crippen molar-refractivity contribution in [1.29, 1.82) is 0 Å². The van der Waals surface area contributed by atoms with E-state index in [0.29, 0.717) is 13.1 Å². The largest absolute Gasteiger partial charge is 0.337 e. The van der Waals surface area contributed by atoms with Gasteiger partial charge in [0.2, 0.25) is 10.0 Å². The van der Waals surface area contributed by atoms with Crippen LogP contribution in [0.3, 0.4) is 0 Å². The van der Waals surface area contributed by atoms with Gasteiger partial charge in [0.1, 0.15) is 5.82 Å². The van der Waals surface area contributed by atoms with Crippen molar-refractivity contribution in [2.24, 2.45) is 0 Å². The summed E-state index contributed by atoms with van der Waals surface area (Å²) in [5.41, 5.74) is 0.852. The van der Waals surface area contributed by atoms with Crippen molar-refractivity contribution >= 4 is 27.5 Å². The fourth-order valence-electron chi connectivity index (χ4n) is 2.68. The highest BCUT2D eigenvalue weighted by atomic mass is 35.5. The van der Waals surface area contributed by atoms with E-state index in [1.165, 1.54) is 39.5 Å². The number of sulfonamides is 1. The summed E-state index contributed by atoms with van der Waals surface area (Å²) in [5.74, 6) is -0.772. The molecule has 1 amide bonds. The second-order valence-electron chi connectivity index (χ2n) is 6.02. The van der Waals surface area contributed by atoms with Crippen molar-refractivity contribution in [3.8, 4) is 0 Å². The minimum Gasteiger partial charge on any atom is -0.337 e. The van der Waals surface area contributed by atoms with Gasteiger partial charge >= 0.3 is 0 Å². The Kier molecular flexibility index (Phi) is 6.97. The molecule has 2 aromatic carbocycles. The van der Waals surface area contributed by atoms with Gasteiger partial charge in [-0.15, -0.1) is 0 Å². The normalized spacial score (nSPS) is 11.6. The Balaban J connectivity index is 2.31. The van der Waals surface area contributed by atoms with Gasteiger partial charge in [-0.1, -0.05) is 37.6 Å². The van der Waals surface area contributed by atoms with Crippen LogP contribution in [0.5, 0.6) is 0 Å². The lowest BCUT2D eigenvalue weighted by molar-refractivity contribution is 0.0785. The van der Waals surface area contributed by atoms with Crippen LogP contribution in [0.25, 0.3) is 0 Å². The first-order valence-electron chi connectivity index (χ1n) is 8.50. The van der Waals surface area contributed by atoms with Crippen molar-refractivity contribution in [2.75, 3.05) is 20.1 Å². The lowest BCUT2D eigenvalue weighted by atomic mass is 10.1. The molecule has 0 unspecified atom stereocenters. The summed E-state index contributed by atoms with van der Waals surface area (Å²) in [5, 5.41) is 0.171. The highest BCUT2D eigenvalue weighted by Crippen LogP contribution is 2.24. The van der Waals surface area contributed by atoms with Crippen LogP contribution < -0.4 is 0 Å². The average molecular weight is 413 g/mol. The molecule has 0 saturated carbocycles. The standard InChI is InChI=1S/C19H22ClFN2O3S/c1-4-23(5-2)27(25,26)16-10-11-18(20)17(12-16)19(24)22(3)13-14-6-8-15(21)9-7-14/h6-12H,4-5,13H2,1-3H3. The second kappa shape index (κ2) is 8.82. The van der Waals surface area contributed by atoms with Crippen LogP contribution in [0.1, 0.15) is 29.8 Å². The molecule has 0 bridgehead atoms. The van der Waals surface area contributed by atoms with Crippen LogP contribution in [-0.4, -0.2) is 43.7 Å². The fourth-order valence-corrected chi connectivity index (χ4v) is 4.37. The Morgan fingerprint density at radius 1 is 1.07 bits per heavy atom. The molecule has 0 heterocycles. The van der Waals surface area contributed by atoms with Gasteiger partial charge in [0, 0.05) is 26.7 Å². The number of rotatable bonds is 7. The van der Waals surface area contributed by atoms with Crippen molar-refractivity contribution in [1.82, 2.24) is 9.21 Å². The first-order chi connectivity index (χ1) is 12.7. The molecule has 27 heavy (non-hydrogen) atoms. The molecule has 8 heteroatoms. The Morgan fingerprint density at radius 3 is 2.22 bits per heavy atom. The third-order valence-electron chi connectivity index (χ3n) is 4.19. The molecule has 146 valence electrons. The summed E-state index contributed by atoms with van der Waals surface area (Å²) in [6, 6.07) is 9.92. The minimum absolute atomic E-state index is 0.0223.